The predicted octanol–water partition coefficient (Wildman–Crippen LogP) is 2.96. The van der Waals surface area contributed by atoms with E-state index in [1.807, 2.05) is 0 Å². The van der Waals surface area contributed by atoms with Crippen LogP contribution in [0.25, 0.3) is 0 Å². The lowest BCUT2D eigenvalue weighted by molar-refractivity contribution is -0.140. The van der Waals surface area contributed by atoms with Gasteiger partial charge in [-0.2, -0.15) is 13.2 Å². The van der Waals surface area contributed by atoms with Gasteiger partial charge in [0.2, 0.25) is 0 Å². The maximum Gasteiger partial charge on any atom is 0.416 e. The molecule has 1 N–H and O–H groups in total. The van der Waals surface area contributed by atoms with Crippen molar-refractivity contribution in [3.8, 4) is 0 Å². The van der Waals surface area contributed by atoms with Crippen LogP contribution in [0.4, 0.5) is 13.2 Å². The Bertz CT molecular complexity index is 454. The fourth-order valence-electron chi connectivity index (χ4n) is 1.83. The molecule has 106 valence electrons. The minimum absolute atomic E-state index is 0.189. The minimum Gasteiger partial charge on any atom is -0.481 e. The van der Waals surface area contributed by atoms with Crippen LogP contribution in [0.1, 0.15) is 24.5 Å². The van der Waals surface area contributed by atoms with E-state index < -0.39 is 23.2 Å². The van der Waals surface area contributed by atoms with E-state index in [1.54, 1.807) is 25.9 Å². The van der Waals surface area contributed by atoms with Gasteiger partial charge in [-0.1, -0.05) is 12.1 Å². The predicted molar refractivity (Wildman–Crippen MR) is 64.7 cm³/mol. The summed E-state index contributed by atoms with van der Waals surface area (Å²) in [6.45, 7) is 1.68. The largest absolute Gasteiger partial charge is 0.481 e. The van der Waals surface area contributed by atoms with Crippen LogP contribution in [0.3, 0.4) is 0 Å². The number of carboxylic acids is 1. The van der Waals surface area contributed by atoms with E-state index in [4.69, 9.17) is 5.11 Å². The zero-order valence-electron chi connectivity index (χ0n) is 11.0. The first-order valence-electron chi connectivity index (χ1n) is 5.64. The first kappa shape index (κ1) is 15.5. The monoisotopic (exact) mass is 275 g/mol. The molecular weight excluding hydrogens is 259 g/mol. The Morgan fingerprint density at radius 3 is 1.89 bits per heavy atom. The molecule has 0 heterocycles. The number of aliphatic carboxylic acids is 1. The second-order valence-electron chi connectivity index (χ2n) is 4.81. The van der Waals surface area contributed by atoms with Crippen molar-refractivity contribution in [3.63, 3.8) is 0 Å². The highest BCUT2D eigenvalue weighted by Gasteiger charge is 2.34. The van der Waals surface area contributed by atoms with Crippen LogP contribution in [0.15, 0.2) is 24.3 Å². The molecule has 0 radical (unpaired) electrons. The summed E-state index contributed by atoms with van der Waals surface area (Å²) in [5.74, 6) is -1.00. The third kappa shape index (κ3) is 3.47. The number of hydrogen-bond acceptors (Lipinski definition) is 2. The molecule has 0 saturated carbocycles. The van der Waals surface area contributed by atoms with Crippen LogP contribution in [0.2, 0.25) is 0 Å². The van der Waals surface area contributed by atoms with Gasteiger partial charge in [0.05, 0.1) is 17.5 Å². The smallest absolute Gasteiger partial charge is 0.416 e. The van der Waals surface area contributed by atoms with E-state index in [2.05, 4.69) is 0 Å². The van der Waals surface area contributed by atoms with E-state index in [0.717, 1.165) is 12.1 Å². The van der Waals surface area contributed by atoms with Crippen LogP contribution in [-0.4, -0.2) is 30.1 Å². The van der Waals surface area contributed by atoms with Gasteiger partial charge in [-0.05, 0) is 38.7 Å². The van der Waals surface area contributed by atoms with Crippen molar-refractivity contribution in [3.05, 3.63) is 35.4 Å². The number of hydrogen-bond donors (Lipinski definition) is 1. The highest BCUT2D eigenvalue weighted by molar-refractivity contribution is 5.68. The van der Waals surface area contributed by atoms with Gasteiger partial charge >= 0.3 is 12.1 Å². The molecule has 6 heteroatoms. The number of rotatable bonds is 4. The second-order valence-corrected chi connectivity index (χ2v) is 4.81. The Balaban J connectivity index is 3.15. The highest BCUT2D eigenvalue weighted by atomic mass is 19.4. The van der Waals surface area contributed by atoms with Crippen molar-refractivity contribution in [2.45, 2.75) is 25.1 Å². The van der Waals surface area contributed by atoms with Crippen molar-refractivity contribution in [1.29, 1.82) is 0 Å². The Morgan fingerprint density at radius 2 is 1.58 bits per heavy atom. The molecule has 3 nitrogen and oxygen atoms in total. The van der Waals surface area contributed by atoms with Gasteiger partial charge in [-0.25, -0.2) is 0 Å². The van der Waals surface area contributed by atoms with Crippen molar-refractivity contribution in [1.82, 2.24) is 4.90 Å². The first-order valence-corrected chi connectivity index (χ1v) is 5.64. The maximum absolute atomic E-state index is 12.5. The van der Waals surface area contributed by atoms with Gasteiger partial charge in [0, 0.05) is 0 Å². The number of halogens is 3. The topological polar surface area (TPSA) is 40.5 Å². The summed E-state index contributed by atoms with van der Waals surface area (Å²) in [6.07, 6.45) is -4.58. The number of carbonyl (C=O) groups is 1. The summed E-state index contributed by atoms with van der Waals surface area (Å²) in [5, 5.41) is 8.94. The molecule has 1 unspecified atom stereocenters. The molecular formula is C13H16F3NO2. The second kappa shape index (κ2) is 5.21. The summed E-state index contributed by atoms with van der Waals surface area (Å²) in [7, 11) is 3.39. The average Bonchev–Trinajstić information content (AvgIpc) is 2.26. The van der Waals surface area contributed by atoms with Gasteiger partial charge in [0.25, 0.3) is 0 Å². The lowest BCUT2D eigenvalue weighted by Gasteiger charge is -2.36. The van der Waals surface area contributed by atoms with Crippen LogP contribution < -0.4 is 0 Å². The molecule has 1 aromatic rings. The number of nitrogens with zero attached hydrogens (tertiary/aromatic N) is 1. The van der Waals surface area contributed by atoms with E-state index in [0.29, 0.717) is 5.56 Å². The van der Waals surface area contributed by atoms with Gasteiger partial charge in [0.15, 0.2) is 0 Å². The normalized spacial score (nSPS) is 15.3. The molecule has 19 heavy (non-hydrogen) atoms. The fourth-order valence-corrected chi connectivity index (χ4v) is 1.83. The molecule has 0 bridgehead atoms. The molecule has 0 aliphatic heterocycles. The third-order valence-electron chi connectivity index (χ3n) is 3.32. The molecule has 0 saturated heterocycles. The zero-order valence-corrected chi connectivity index (χ0v) is 11.0. The fraction of sp³-hybridized carbons (Fsp3) is 0.462. The van der Waals surface area contributed by atoms with Gasteiger partial charge in [-0.15, -0.1) is 0 Å². The number of benzene rings is 1. The Hall–Kier alpha value is -1.56. The van der Waals surface area contributed by atoms with E-state index in [1.165, 1.54) is 12.1 Å². The molecule has 0 aliphatic carbocycles. The molecule has 0 amide bonds. The summed E-state index contributed by atoms with van der Waals surface area (Å²) < 4.78 is 37.4. The summed E-state index contributed by atoms with van der Waals surface area (Å²) in [4.78, 5) is 12.6. The third-order valence-corrected chi connectivity index (χ3v) is 3.32. The molecule has 0 aromatic heterocycles. The summed E-state index contributed by atoms with van der Waals surface area (Å²) in [5.41, 5.74) is -1.06. The van der Waals surface area contributed by atoms with Crippen molar-refractivity contribution in [2.24, 2.45) is 0 Å². The standard InChI is InChI=1S/C13H16F3NO2/c1-12(17(2)3,8-11(18)19)9-4-6-10(7-5-9)13(14,15)16/h4-7H,8H2,1-3H3,(H,18,19). The molecule has 0 aliphatic rings. The van der Waals surface area contributed by atoms with Crippen molar-refractivity contribution < 1.29 is 23.1 Å². The summed E-state index contributed by atoms with van der Waals surface area (Å²) >= 11 is 0. The van der Waals surface area contributed by atoms with Crippen LogP contribution >= 0.6 is 0 Å². The van der Waals surface area contributed by atoms with Crippen molar-refractivity contribution in [2.75, 3.05) is 14.1 Å². The van der Waals surface area contributed by atoms with Gasteiger partial charge in [-0.3, -0.25) is 9.69 Å². The first-order chi connectivity index (χ1) is 8.57. The number of carboxylic acid groups (broad SMARTS) is 1. The molecule has 1 aromatic carbocycles. The molecule has 1 atom stereocenters. The Labute approximate surface area is 109 Å². The van der Waals surface area contributed by atoms with Crippen LogP contribution in [0.5, 0.6) is 0 Å². The van der Waals surface area contributed by atoms with E-state index in [9.17, 15) is 18.0 Å². The summed E-state index contributed by atoms with van der Waals surface area (Å²) in [6, 6.07) is 4.59. The van der Waals surface area contributed by atoms with E-state index in [-0.39, 0.29) is 6.42 Å². The van der Waals surface area contributed by atoms with Crippen LogP contribution in [0, 0.1) is 0 Å². The highest BCUT2D eigenvalue weighted by Crippen LogP contribution is 2.33. The SMILES string of the molecule is CN(C)C(C)(CC(=O)O)c1ccc(C(F)(F)F)cc1. The number of alkyl halides is 3. The Kier molecular flexibility index (Phi) is 4.25. The van der Waals surface area contributed by atoms with E-state index >= 15 is 0 Å². The average molecular weight is 275 g/mol. The van der Waals surface area contributed by atoms with Crippen molar-refractivity contribution >= 4 is 5.97 Å². The molecule has 1 rings (SSSR count). The minimum atomic E-state index is -4.39. The lowest BCUT2D eigenvalue weighted by atomic mass is 9.87. The quantitative estimate of drug-likeness (QED) is 0.918. The lowest BCUT2D eigenvalue weighted by Crippen LogP contribution is -2.40. The molecule has 0 spiro atoms. The zero-order chi connectivity index (χ0) is 14.8. The Morgan fingerprint density at radius 1 is 1.16 bits per heavy atom. The van der Waals surface area contributed by atoms with Gasteiger partial charge in [0.1, 0.15) is 0 Å². The maximum atomic E-state index is 12.5. The van der Waals surface area contributed by atoms with Gasteiger partial charge < -0.3 is 5.11 Å². The molecule has 0 fully saturated rings. The van der Waals surface area contributed by atoms with Crippen LogP contribution in [-0.2, 0) is 16.5 Å².